The van der Waals surface area contributed by atoms with E-state index in [1.165, 1.54) is 16.9 Å². The van der Waals surface area contributed by atoms with Gasteiger partial charge in [-0.2, -0.15) is 11.8 Å². The Morgan fingerprint density at radius 1 is 1.00 bits per heavy atom. The molecule has 4 nitrogen and oxygen atoms in total. The van der Waals surface area contributed by atoms with Crippen molar-refractivity contribution < 1.29 is 9.59 Å². The van der Waals surface area contributed by atoms with Crippen LogP contribution >= 0.6 is 34.7 Å². The van der Waals surface area contributed by atoms with Crippen LogP contribution in [0.2, 0.25) is 5.02 Å². The van der Waals surface area contributed by atoms with Crippen LogP contribution in [0.1, 0.15) is 25.6 Å². The van der Waals surface area contributed by atoms with Crippen LogP contribution in [0.3, 0.4) is 0 Å². The minimum absolute atomic E-state index is 0.191. The van der Waals surface area contributed by atoms with E-state index in [0.717, 1.165) is 11.5 Å². The first kappa shape index (κ1) is 20.5. The molecule has 144 valence electrons. The molecular weight excluding hydrogens is 412 g/mol. The number of rotatable bonds is 8. The van der Waals surface area contributed by atoms with Gasteiger partial charge in [0.15, 0.2) is 0 Å². The Morgan fingerprint density at radius 2 is 1.82 bits per heavy atom. The van der Waals surface area contributed by atoms with Gasteiger partial charge in [0.05, 0.1) is 15.6 Å². The lowest BCUT2D eigenvalue weighted by atomic mass is 10.2. The van der Waals surface area contributed by atoms with Crippen molar-refractivity contribution in [1.82, 2.24) is 5.32 Å². The van der Waals surface area contributed by atoms with Crippen molar-refractivity contribution in [3.63, 3.8) is 0 Å². The maximum Gasteiger partial charge on any atom is 0.265 e. The molecule has 0 fully saturated rings. The number of halogens is 1. The van der Waals surface area contributed by atoms with E-state index in [1.54, 1.807) is 42.1 Å². The first-order valence-electron chi connectivity index (χ1n) is 8.68. The van der Waals surface area contributed by atoms with Gasteiger partial charge in [0.25, 0.3) is 11.8 Å². The van der Waals surface area contributed by atoms with Gasteiger partial charge in [0, 0.05) is 23.6 Å². The minimum Gasteiger partial charge on any atom is -0.351 e. The van der Waals surface area contributed by atoms with E-state index in [-0.39, 0.29) is 11.8 Å². The highest BCUT2D eigenvalue weighted by atomic mass is 35.5. The lowest BCUT2D eigenvalue weighted by Gasteiger charge is -2.10. The van der Waals surface area contributed by atoms with Crippen molar-refractivity contribution >= 4 is 52.2 Å². The summed E-state index contributed by atoms with van der Waals surface area (Å²) in [6, 6.07) is 18.6. The van der Waals surface area contributed by atoms with Gasteiger partial charge >= 0.3 is 0 Å². The summed E-state index contributed by atoms with van der Waals surface area (Å²) in [6.45, 7) is 0.565. The molecule has 2 amide bonds. The minimum atomic E-state index is -0.244. The predicted molar refractivity (Wildman–Crippen MR) is 119 cm³/mol. The molecule has 2 N–H and O–H groups in total. The number of carbonyl (C=O) groups is 2. The lowest BCUT2D eigenvalue weighted by molar-refractivity contribution is 0.0954. The summed E-state index contributed by atoms with van der Waals surface area (Å²) < 4.78 is 0. The Balaban J connectivity index is 1.50. The summed E-state index contributed by atoms with van der Waals surface area (Å²) in [4.78, 5) is 25.2. The van der Waals surface area contributed by atoms with Crippen molar-refractivity contribution in [3.8, 4) is 0 Å². The predicted octanol–water partition coefficient (Wildman–Crippen LogP) is 5.32. The maximum absolute atomic E-state index is 12.4. The monoisotopic (exact) mass is 430 g/mol. The van der Waals surface area contributed by atoms with Crippen LogP contribution in [0.5, 0.6) is 0 Å². The van der Waals surface area contributed by atoms with Gasteiger partial charge < -0.3 is 10.6 Å². The highest BCUT2D eigenvalue weighted by Gasteiger charge is 2.12. The van der Waals surface area contributed by atoms with Crippen LogP contribution in [0, 0.1) is 0 Å². The Kier molecular flexibility index (Phi) is 7.54. The fraction of sp³-hybridized carbons (Fsp3) is 0.143. The van der Waals surface area contributed by atoms with E-state index in [0.29, 0.717) is 27.7 Å². The molecule has 1 heterocycles. The maximum atomic E-state index is 12.4. The van der Waals surface area contributed by atoms with E-state index in [9.17, 15) is 9.59 Å². The van der Waals surface area contributed by atoms with E-state index in [4.69, 9.17) is 11.6 Å². The second kappa shape index (κ2) is 10.3. The number of thiophene rings is 1. The Hall–Kier alpha value is -2.28. The first-order chi connectivity index (χ1) is 13.6. The highest BCUT2D eigenvalue weighted by molar-refractivity contribution is 7.98. The smallest absolute Gasteiger partial charge is 0.265 e. The molecule has 0 unspecified atom stereocenters. The summed E-state index contributed by atoms with van der Waals surface area (Å²) in [5.74, 6) is 1.29. The first-order valence-corrected chi connectivity index (χ1v) is 11.1. The SMILES string of the molecule is O=C(NCCSCc1ccccc1)c1ccc(Cl)c(NC(=O)c2cccs2)c1. The van der Waals surface area contributed by atoms with Crippen LogP contribution in [-0.4, -0.2) is 24.1 Å². The normalized spacial score (nSPS) is 10.5. The van der Waals surface area contributed by atoms with Crippen molar-refractivity contribution in [2.24, 2.45) is 0 Å². The van der Waals surface area contributed by atoms with Gasteiger partial charge in [-0.05, 0) is 35.2 Å². The summed E-state index contributed by atoms with van der Waals surface area (Å²) in [6.07, 6.45) is 0. The zero-order valence-electron chi connectivity index (χ0n) is 15.0. The van der Waals surface area contributed by atoms with Crippen LogP contribution in [0.25, 0.3) is 0 Å². The van der Waals surface area contributed by atoms with Crippen molar-refractivity contribution in [2.45, 2.75) is 5.75 Å². The molecule has 3 aromatic rings. The molecular formula is C21H19ClN2O2S2. The Labute approximate surface area is 177 Å². The van der Waals surface area contributed by atoms with Crippen LogP contribution < -0.4 is 10.6 Å². The van der Waals surface area contributed by atoms with Crippen LogP contribution in [0.4, 0.5) is 5.69 Å². The van der Waals surface area contributed by atoms with E-state index in [2.05, 4.69) is 22.8 Å². The third kappa shape index (κ3) is 5.86. The number of carbonyl (C=O) groups excluding carboxylic acids is 2. The van der Waals surface area contributed by atoms with Crippen molar-refractivity contribution in [1.29, 1.82) is 0 Å². The average Bonchev–Trinajstić information content (AvgIpc) is 3.25. The number of hydrogen-bond acceptors (Lipinski definition) is 4. The van der Waals surface area contributed by atoms with Crippen molar-refractivity contribution in [3.05, 3.63) is 87.1 Å². The molecule has 0 bridgehead atoms. The molecule has 0 radical (unpaired) electrons. The molecule has 0 atom stereocenters. The number of benzene rings is 2. The Bertz CT molecular complexity index is 931. The van der Waals surface area contributed by atoms with E-state index < -0.39 is 0 Å². The zero-order chi connectivity index (χ0) is 19.8. The summed E-state index contributed by atoms with van der Waals surface area (Å²) in [5, 5.41) is 7.88. The molecule has 1 aromatic heterocycles. The standard InChI is InChI=1S/C21H19ClN2O2S2/c22-17-9-8-16(13-18(17)24-21(26)19-7-4-11-28-19)20(25)23-10-12-27-14-15-5-2-1-3-6-15/h1-9,11,13H,10,12,14H2,(H,23,25)(H,24,26). The van der Waals surface area contributed by atoms with Crippen LogP contribution in [0.15, 0.2) is 66.0 Å². The van der Waals surface area contributed by atoms with Gasteiger partial charge in [-0.15, -0.1) is 11.3 Å². The zero-order valence-corrected chi connectivity index (χ0v) is 17.4. The van der Waals surface area contributed by atoms with Crippen LogP contribution in [-0.2, 0) is 5.75 Å². The van der Waals surface area contributed by atoms with Gasteiger partial charge in [-0.3, -0.25) is 9.59 Å². The summed E-state index contributed by atoms with van der Waals surface area (Å²) >= 11 is 9.27. The summed E-state index contributed by atoms with van der Waals surface area (Å²) in [7, 11) is 0. The number of amides is 2. The van der Waals surface area contributed by atoms with Gasteiger partial charge in [0.2, 0.25) is 0 Å². The second-order valence-electron chi connectivity index (χ2n) is 5.92. The average molecular weight is 431 g/mol. The molecule has 0 aliphatic carbocycles. The fourth-order valence-corrected chi connectivity index (χ4v) is 4.06. The molecule has 0 aliphatic rings. The third-order valence-corrected chi connectivity index (χ3v) is 6.09. The summed E-state index contributed by atoms with van der Waals surface area (Å²) in [5.41, 5.74) is 2.15. The molecule has 2 aromatic carbocycles. The van der Waals surface area contributed by atoms with Gasteiger partial charge in [-0.1, -0.05) is 48.0 Å². The number of thioether (sulfide) groups is 1. The number of hydrogen-bond donors (Lipinski definition) is 2. The van der Waals surface area contributed by atoms with Crippen molar-refractivity contribution in [2.75, 3.05) is 17.6 Å². The van der Waals surface area contributed by atoms with Gasteiger partial charge in [-0.25, -0.2) is 0 Å². The molecule has 0 saturated carbocycles. The number of anilines is 1. The molecule has 0 spiro atoms. The largest absolute Gasteiger partial charge is 0.351 e. The molecule has 0 aliphatic heterocycles. The molecule has 7 heteroatoms. The van der Waals surface area contributed by atoms with Gasteiger partial charge in [0.1, 0.15) is 0 Å². The second-order valence-corrected chi connectivity index (χ2v) is 8.38. The Morgan fingerprint density at radius 3 is 2.57 bits per heavy atom. The fourth-order valence-electron chi connectivity index (χ4n) is 2.46. The molecule has 28 heavy (non-hydrogen) atoms. The quantitative estimate of drug-likeness (QED) is 0.475. The number of nitrogens with one attached hydrogen (secondary N) is 2. The lowest BCUT2D eigenvalue weighted by Crippen LogP contribution is -2.26. The van der Waals surface area contributed by atoms with E-state index >= 15 is 0 Å². The third-order valence-electron chi connectivity index (χ3n) is 3.87. The van der Waals surface area contributed by atoms with E-state index in [1.807, 2.05) is 23.6 Å². The molecule has 3 rings (SSSR count). The topological polar surface area (TPSA) is 58.2 Å². The molecule has 0 saturated heterocycles. The highest BCUT2D eigenvalue weighted by Crippen LogP contribution is 2.24.